The fourth-order valence-corrected chi connectivity index (χ4v) is 2.37. The molecule has 3 nitrogen and oxygen atoms in total. The highest BCUT2D eigenvalue weighted by molar-refractivity contribution is 5.55. The highest BCUT2D eigenvalue weighted by Gasteiger charge is 2.11. The second-order valence-electron chi connectivity index (χ2n) is 4.87. The number of methoxy groups -OCH3 is 1. The molecule has 3 heteroatoms. The number of nitrogens with zero attached hydrogens (tertiary/aromatic N) is 1. The molecule has 0 aromatic heterocycles. The first-order valence-electron chi connectivity index (χ1n) is 6.98. The standard InChI is InChI=1S/C15H24N2O/c1-18-13-5-2-10-16-14-6-8-15(9-7-14)17-11-3-4-12-17/h6-9,16H,2-5,10-13H2,1H3. The van der Waals surface area contributed by atoms with E-state index >= 15 is 0 Å². The van der Waals surface area contributed by atoms with Gasteiger partial charge in [0.25, 0.3) is 0 Å². The predicted octanol–water partition coefficient (Wildman–Crippen LogP) is 3.13. The average molecular weight is 248 g/mol. The molecule has 0 unspecified atom stereocenters. The Morgan fingerprint density at radius 3 is 2.50 bits per heavy atom. The van der Waals surface area contributed by atoms with Gasteiger partial charge >= 0.3 is 0 Å². The molecule has 1 aliphatic heterocycles. The quantitative estimate of drug-likeness (QED) is 0.750. The predicted molar refractivity (Wildman–Crippen MR) is 77.5 cm³/mol. The summed E-state index contributed by atoms with van der Waals surface area (Å²) in [7, 11) is 1.75. The lowest BCUT2D eigenvalue weighted by atomic mass is 10.2. The zero-order valence-corrected chi connectivity index (χ0v) is 11.3. The van der Waals surface area contributed by atoms with E-state index in [9.17, 15) is 0 Å². The summed E-state index contributed by atoms with van der Waals surface area (Å²) in [6, 6.07) is 8.82. The van der Waals surface area contributed by atoms with Gasteiger partial charge in [0.2, 0.25) is 0 Å². The zero-order chi connectivity index (χ0) is 12.6. The molecule has 0 amide bonds. The van der Waals surface area contributed by atoms with E-state index in [4.69, 9.17) is 4.74 Å². The summed E-state index contributed by atoms with van der Waals surface area (Å²) < 4.78 is 5.03. The first kappa shape index (κ1) is 13.2. The van der Waals surface area contributed by atoms with E-state index in [0.29, 0.717) is 0 Å². The van der Waals surface area contributed by atoms with Crippen molar-refractivity contribution in [2.75, 3.05) is 43.6 Å². The van der Waals surface area contributed by atoms with E-state index in [-0.39, 0.29) is 0 Å². The summed E-state index contributed by atoms with van der Waals surface area (Å²) in [6.45, 7) is 4.30. The minimum Gasteiger partial charge on any atom is -0.385 e. The Kier molecular flexibility index (Phi) is 5.34. The largest absolute Gasteiger partial charge is 0.385 e. The van der Waals surface area contributed by atoms with Crippen molar-refractivity contribution in [1.29, 1.82) is 0 Å². The maximum absolute atomic E-state index is 5.03. The lowest BCUT2D eigenvalue weighted by Crippen LogP contribution is -2.17. The Morgan fingerprint density at radius 1 is 1.11 bits per heavy atom. The van der Waals surface area contributed by atoms with Crippen LogP contribution in [0.1, 0.15) is 25.7 Å². The Hall–Kier alpha value is -1.22. The minimum absolute atomic E-state index is 0.857. The van der Waals surface area contributed by atoms with Gasteiger partial charge in [-0.1, -0.05) is 0 Å². The van der Waals surface area contributed by atoms with Crippen LogP contribution in [-0.2, 0) is 4.74 Å². The van der Waals surface area contributed by atoms with Crippen LogP contribution in [-0.4, -0.2) is 33.4 Å². The molecule has 0 aliphatic carbocycles. The molecular weight excluding hydrogens is 224 g/mol. The molecule has 0 spiro atoms. The molecule has 1 N–H and O–H groups in total. The van der Waals surface area contributed by atoms with Gasteiger partial charge in [-0.05, 0) is 49.9 Å². The molecular formula is C15H24N2O. The second kappa shape index (κ2) is 7.27. The van der Waals surface area contributed by atoms with Crippen molar-refractivity contribution in [3.05, 3.63) is 24.3 Å². The van der Waals surface area contributed by atoms with E-state index in [1.807, 2.05) is 0 Å². The van der Waals surface area contributed by atoms with Crippen LogP contribution in [0.15, 0.2) is 24.3 Å². The third kappa shape index (κ3) is 3.91. The van der Waals surface area contributed by atoms with Gasteiger partial charge in [0.05, 0.1) is 0 Å². The van der Waals surface area contributed by atoms with Crippen molar-refractivity contribution < 1.29 is 4.74 Å². The number of unbranched alkanes of at least 4 members (excludes halogenated alkanes) is 1. The normalized spacial score (nSPS) is 15.1. The average Bonchev–Trinajstić information content (AvgIpc) is 2.93. The fourth-order valence-electron chi connectivity index (χ4n) is 2.37. The summed E-state index contributed by atoms with van der Waals surface area (Å²) in [5.41, 5.74) is 2.58. The molecule has 18 heavy (non-hydrogen) atoms. The number of ether oxygens (including phenoxy) is 1. The maximum Gasteiger partial charge on any atom is 0.0462 e. The highest BCUT2D eigenvalue weighted by Crippen LogP contribution is 2.21. The third-order valence-corrected chi connectivity index (χ3v) is 3.44. The van der Waals surface area contributed by atoms with Gasteiger partial charge in [-0.2, -0.15) is 0 Å². The van der Waals surface area contributed by atoms with Gasteiger partial charge in [-0.3, -0.25) is 0 Å². The molecule has 1 aliphatic rings. The Balaban J connectivity index is 1.73. The lowest BCUT2D eigenvalue weighted by Gasteiger charge is -2.18. The molecule has 0 radical (unpaired) electrons. The first-order chi connectivity index (χ1) is 8.90. The van der Waals surface area contributed by atoms with Crippen molar-refractivity contribution in [3.63, 3.8) is 0 Å². The molecule has 0 atom stereocenters. The number of benzene rings is 1. The van der Waals surface area contributed by atoms with Crippen LogP contribution >= 0.6 is 0 Å². The number of anilines is 2. The minimum atomic E-state index is 0.857. The molecule has 1 fully saturated rings. The van der Waals surface area contributed by atoms with E-state index in [0.717, 1.165) is 26.0 Å². The smallest absolute Gasteiger partial charge is 0.0462 e. The van der Waals surface area contributed by atoms with Crippen molar-refractivity contribution in [2.45, 2.75) is 25.7 Å². The molecule has 100 valence electrons. The molecule has 1 heterocycles. The lowest BCUT2D eigenvalue weighted by molar-refractivity contribution is 0.194. The molecule has 1 aromatic rings. The monoisotopic (exact) mass is 248 g/mol. The highest BCUT2D eigenvalue weighted by atomic mass is 16.5. The molecule has 2 rings (SSSR count). The summed E-state index contributed by atoms with van der Waals surface area (Å²) in [5, 5.41) is 3.45. The van der Waals surface area contributed by atoms with Crippen LogP contribution in [0.5, 0.6) is 0 Å². The first-order valence-corrected chi connectivity index (χ1v) is 6.98. The number of hydrogen-bond acceptors (Lipinski definition) is 3. The van der Waals surface area contributed by atoms with E-state index in [2.05, 4.69) is 34.5 Å². The fraction of sp³-hybridized carbons (Fsp3) is 0.600. The van der Waals surface area contributed by atoms with Gasteiger partial charge in [-0.15, -0.1) is 0 Å². The summed E-state index contributed by atoms with van der Waals surface area (Å²) in [6.07, 6.45) is 4.94. The summed E-state index contributed by atoms with van der Waals surface area (Å²) in [4.78, 5) is 2.46. The maximum atomic E-state index is 5.03. The van der Waals surface area contributed by atoms with Crippen LogP contribution in [0.3, 0.4) is 0 Å². The van der Waals surface area contributed by atoms with Gasteiger partial charge in [-0.25, -0.2) is 0 Å². The van der Waals surface area contributed by atoms with Crippen molar-refractivity contribution in [3.8, 4) is 0 Å². The van der Waals surface area contributed by atoms with E-state index < -0.39 is 0 Å². The van der Waals surface area contributed by atoms with Crippen molar-refractivity contribution in [1.82, 2.24) is 0 Å². The van der Waals surface area contributed by atoms with Crippen molar-refractivity contribution in [2.24, 2.45) is 0 Å². The molecule has 0 saturated carbocycles. The van der Waals surface area contributed by atoms with Crippen LogP contribution in [0, 0.1) is 0 Å². The Morgan fingerprint density at radius 2 is 1.83 bits per heavy atom. The van der Waals surface area contributed by atoms with Crippen LogP contribution in [0.25, 0.3) is 0 Å². The topological polar surface area (TPSA) is 24.5 Å². The van der Waals surface area contributed by atoms with Crippen LogP contribution in [0.4, 0.5) is 11.4 Å². The zero-order valence-electron chi connectivity index (χ0n) is 11.3. The van der Waals surface area contributed by atoms with Gasteiger partial charge in [0.1, 0.15) is 0 Å². The van der Waals surface area contributed by atoms with Crippen molar-refractivity contribution >= 4 is 11.4 Å². The van der Waals surface area contributed by atoms with Gasteiger partial charge in [0.15, 0.2) is 0 Å². The van der Waals surface area contributed by atoms with Crippen LogP contribution < -0.4 is 10.2 Å². The molecule has 0 bridgehead atoms. The summed E-state index contributed by atoms with van der Waals surface area (Å²) in [5.74, 6) is 0. The number of nitrogens with one attached hydrogen (secondary N) is 1. The number of rotatable bonds is 7. The van der Waals surface area contributed by atoms with Gasteiger partial charge < -0.3 is 15.0 Å². The molecule has 1 aromatic carbocycles. The number of hydrogen-bond donors (Lipinski definition) is 1. The Labute approximate surface area is 110 Å². The SMILES string of the molecule is COCCCCNc1ccc(N2CCCC2)cc1. The van der Waals surface area contributed by atoms with E-state index in [1.165, 1.54) is 37.3 Å². The third-order valence-electron chi connectivity index (χ3n) is 3.44. The van der Waals surface area contributed by atoms with E-state index in [1.54, 1.807) is 7.11 Å². The molecule has 1 saturated heterocycles. The Bertz CT molecular complexity index is 331. The second-order valence-corrected chi connectivity index (χ2v) is 4.87. The van der Waals surface area contributed by atoms with Crippen LogP contribution in [0.2, 0.25) is 0 Å². The summed E-state index contributed by atoms with van der Waals surface area (Å²) >= 11 is 0. The van der Waals surface area contributed by atoms with Gasteiger partial charge in [0, 0.05) is 44.7 Å².